The summed E-state index contributed by atoms with van der Waals surface area (Å²) in [7, 11) is 0. The normalized spacial score (nSPS) is 18.4. The molecule has 0 radical (unpaired) electrons. The van der Waals surface area contributed by atoms with Crippen LogP contribution in [0.15, 0.2) is 28.4 Å². The Morgan fingerprint density at radius 1 is 1.59 bits per heavy atom. The van der Waals surface area contributed by atoms with E-state index in [1.165, 1.54) is 6.07 Å². The summed E-state index contributed by atoms with van der Waals surface area (Å²) in [5, 5.41) is 1.96. The molecule has 1 aliphatic rings. The summed E-state index contributed by atoms with van der Waals surface area (Å²) < 4.78 is 5.49. The van der Waals surface area contributed by atoms with Gasteiger partial charge >= 0.3 is 0 Å². The van der Waals surface area contributed by atoms with Crippen molar-refractivity contribution >= 4 is 17.2 Å². The van der Waals surface area contributed by atoms with Gasteiger partial charge in [-0.15, -0.1) is 11.3 Å². The number of rotatable bonds is 3. The number of amides is 1. The summed E-state index contributed by atoms with van der Waals surface area (Å²) in [6, 6.07) is 5.03. The van der Waals surface area contributed by atoms with Gasteiger partial charge in [-0.2, -0.15) is 0 Å². The molecule has 3 heterocycles. The fourth-order valence-electron chi connectivity index (χ4n) is 2.58. The number of H-pyrrole nitrogens is 1. The molecule has 1 amide bonds. The molecule has 3 rings (SSSR count). The number of aromatic amines is 1. The van der Waals surface area contributed by atoms with E-state index in [-0.39, 0.29) is 17.5 Å². The summed E-state index contributed by atoms with van der Waals surface area (Å²) >= 11 is 1.57. The molecule has 1 atom stereocenters. The van der Waals surface area contributed by atoms with Gasteiger partial charge in [0.15, 0.2) is 0 Å². The van der Waals surface area contributed by atoms with Crippen molar-refractivity contribution in [3.63, 3.8) is 0 Å². The van der Waals surface area contributed by atoms with Crippen LogP contribution in [-0.4, -0.2) is 40.5 Å². The number of nitrogens with one attached hydrogen (secondary N) is 1. The summed E-state index contributed by atoms with van der Waals surface area (Å²) in [6.45, 7) is 3.12. The molecule has 1 saturated heterocycles. The van der Waals surface area contributed by atoms with Crippen molar-refractivity contribution in [2.45, 2.75) is 19.4 Å². The second-order valence-corrected chi connectivity index (χ2v) is 6.22. The fourth-order valence-corrected chi connectivity index (χ4v) is 3.28. The zero-order valence-electron chi connectivity index (χ0n) is 12.2. The van der Waals surface area contributed by atoms with E-state index in [4.69, 9.17) is 4.74 Å². The molecule has 0 aliphatic carbocycles. The molecule has 0 unspecified atom stereocenters. The van der Waals surface area contributed by atoms with Crippen molar-refractivity contribution in [1.29, 1.82) is 0 Å². The van der Waals surface area contributed by atoms with Crippen LogP contribution < -0.4 is 5.56 Å². The predicted molar refractivity (Wildman–Crippen MR) is 82.9 cm³/mol. The van der Waals surface area contributed by atoms with Gasteiger partial charge in [-0.05, 0) is 18.4 Å². The highest BCUT2D eigenvalue weighted by molar-refractivity contribution is 7.10. The topological polar surface area (TPSA) is 75.3 Å². The van der Waals surface area contributed by atoms with E-state index < -0.39 is 0 Å². The van der Waals surface area contributed by atoms with Gasteiger partial charge in [0.25, 0.3) is 5.56 Å². The number of ether oxygens (including phenoxy) is 1. The monoisotopic (exact) mass is 319 g/mol. The maximum absolute atomic E-state index is 12.6. The molecular weight excluding hydrogens is 302 g/mol. The highest BCUT2D eigenvalue weighted by Gasteiger charge is 2.30. The van der Waals surface area contributed by atoms with E-state index in [2.05, 4.69) is 9.97 Å². The minimum Gasteiger partial charge on any atom is -0.377 e. The van der Waals surface area contributed by atoms with Crippen LogP contribution in [0.5, 0.6) is 0 Å². The molecule has 1 aliphatic heterocycles. The summed E-state index contributed by atoms with van der Waals surface area (Å²) in [6.07, 6.45) is 0.371. The second kappa shape index (κ2) is 6.41. The van der Waals surface area contributed by atoms with Crippen LogP contribution in [0.1, 0.15) is 22.4 Å². The molecule has 0 bridgehead atoms. The molecule has 116 valence electrons. The number of aromatic nitrogens is 2. The van der Waals surface area contributed by atoms with Crippen LogP contribution in [0, 0.1) is 6.92 Å². The second-order valence-electron chi connectivity index (χ2n) is 5.19. The van der Waals surface area contributed by atoms with E-state index in [0.717, 1.165) is 4.88 Å². The van der Waals surface area contributed by atoms with Crippen LogP contribution in [0.2, 0.25) is 0 Å². The molecule has 1 fully saturated rings. The summed E-state index contributed by atoms with van der Waals surface area (Å²) in [4.78, 5) is 34.0. The SMILES string of the molecule is Cc1nc([C@@H]2COCCN2C(=O)Cc2cccs2)cc(=O)[nH]1. The molecule has 0 saturated carbocycles. The van der Waals surface area contributed by atoms with Gasteiger partial charge in [0, 0.05) is 17.5 Å². The van der Waals surface area contributed by atoms with Crippen LogP contribution in [0.25, 0.3) is 0 Å². The van der Waals surface area contributed by atoms with Gasteiger partial charge in [-0.3, -0.25) is 9.59 Å². The minimum absolute atomic E-state index is 0.0375. The van der Waals surface area contributed by atoms with Crippen LogP contribution in [0.3, 0.4) is 0 Å². The first-order chi connectivity index (χ1) is 10.6. The first-order valence-corrected chi connectivity index (χ1v) is 7.99. The third kappa shape index (κ3) is 3.26. The summed E-state index contributed by atoms with van der Waals surface area (Å²) in [5.41, 5.74) is 0.374. The lowest BCUT2D eigenvalue weighted by atomic mass is 10.1. The number of aryl methyl sites for hydroxylation is 1. The van der Waals surface area contributed by atoms with Gasteiger partial charge in [0.1, 0.15) is 5.82 Å². The number of nitrogens with zero attached hydrogens (tertiary/aromatic N) is 2. The average molecular weight is 319 g/mol. The van der Waals surface area contributed by atoms with E-state index in [0.29, 0.717) is 37.7 Å². The van der Waals surface area contributed by atoms with Crippen molar-refractivity contribution in [2.75, 3.05) is 19.8 Å². The number of morpholine rings is 1. The smallest absolute Gasteiger partial charge is 0.251 e. The standard InChI is InChI=1S/C15H17N3O3S/c1-10-16-12(8-14(19)17-10)13-9-21-5-4-18(13)15(20)7-11-3-2-6-22-11/h2-3,6,8,13H,4-5,7,9H2,1H3,(H,16,17,19)/t13-/m0/s1. The molecule has 1 N–H and O–H groups in total. The largest absolute Gasteiger partial charge is 0.377 e. The first kappa shape index (κ1) is 14.9. The Hall–Kier alpha value is -1.99. The molecular formula is C15H17N3O3S. The molecule has 6 nitrogen and oxygen atoms in total. The third-order valence-electron chi connectivity index (χ3n) is 3.58. The Bertz CT molecular complexity index is 711. The number of thiophene rings is 1. The zero-order valence-corrected chi connectivity index (χ0v) is 13.1. The Morgan fingerprint density at radius 2 is 2.45 bits per heavy atom. The van der Waals surface area contributed by atoms with Crippen LogP contribution in [0.4, 0.5) is 0 Å². The number of hydrogen-bond donors (Lipinski definition) is 1. The van der Waals surface area contributed by atoms with Gasteiger partial charge in [0.2, 0.25) is 5.91 Å². The molecule has 0 aromatic carbocycles. The van der Waals surface area contributed by atoms with Gasteiger partial charge in [0.05, 0.1) is 31.4 Å². The molecule has 7 heteroatoms. The molecule has 2 aromatic heterocycles. The lowest BCUT2D eigenvalue weighted by Crippen LogP contribution is -2.44. The maximum Gasteiger partial charge on any atom is 0.251 e. The third-order valence-corrected chi connectivity index (χ3v) is 4.45. The highest BCUT2D eigenvalue weighted by atomic mass is 32.1. The Kier molecular flexibility index (Phi) is 4.35. The molecule has 22 heavy (non-hydrogen) atoms. The zero-order chi connectivity index (χ0) is 15.5. The van der Waals surface area contributed by atoms with E-state index >= 15 is 0 Å². The Morgan fingerprint density at radius 3 is 3.18 bits per heavy atom. The predicted octanol–water partition coefficient (Wildman–Crippen LogP) is 1.28. The quantitative estimate of drug-likeness (QED) is 0.925. The maximum atomic E-state index is 12.6. The Labute approximate surface area is 131 Å². The van der Waals surface area contributed by atoms with Gasteiger partial charge in [-0.1, -0.05) is 6.07 Å². The van der Waals surface area contributed by atoms with E-state index in [9.17, 15) is 9.59 Å². The van der Waals surface area contributed by atoms with E-state index in [1.807, 2.05) is 17.5 Å². The lowest BCUT2D eigenvalue weighted by molar-refractivity contribution is -0.139. The minimum atomic E-state index is -0.304. The van der Waals surface area contributed by atoms with E-state index in [1.54, 1.807) is 23.2 Å². The Balaban J connectivity index is 1.84. The number of carbonyl (C=O) groups is 1. The first-order valence-electron chi connectivity index (χ1n) is 7.11. The van der Waals surface area contributed by atoms with Crippen molar-refractivity contribution in [3.8, 4) is 0 Å². The summed E-state index contributed by atoms with van der Waals surface area (Å²) in [5.74, 6) is 0.578. The van der Waals surface area contributed by atoms with Crippen molar-refractivity contribution < 1.29 is 9.53 Å². The molecule has 0 spiro atoms. The number of carbonyl (C=O) groups excluding carboxylic acids is 1. The number of hydrogen-bond acceptors (Lipinski definition) is 5. The van der Waals surface area contributed by atoms with Gasteiger partial charge in [-0.25, -0.2) is 4.98 Å². The average Bonchev–Trinajstić information content (AvgIpc) is 2.99. The highest BCUT2D eigenvalue weighted by Crippen LogP contribution is 2.23. The van der Waals surface area contributed by atoms with Crippen molar-refractivity contribution in [1.82, 2.24) is 14.9 Å². The van der Waals surface area contributed by atoms with Crippen LogP contribution in [-0.2, 0) is 16.0 Å². The van der Waals surface area contributed by atoms with Crippen LogP contribution >= 0.6 is 11.3 Å². The van der Waals surface area contributed by atoms with Gasteiger partial charge < -0.3 is 14.6 Å². The molecule has 2 aromatic rings. The lowest BCUT2D eigenvalue weighted by Gasteiger charge is -2.35. The van der Waals surface area contributed by atoms with Crippen molar-refractivity contribution in [2.24, 2.45) is 0 Å². The fraction of sp³-hybridized carbons (Fsp3) is 0.400. The van der Waals surface area contributed by atoms with Crippen molar-refractivity contribution in [3.05, 3.63) is 50.3 Å².